The number of halogens is 1. The highest BCUT2D eigenvalue weighted by Crippen LogP contribution is 2.19. The maximum Gasteiger partial charge on any atom is 0.309 e. The molecule has 1 aromatic rings. The number of carbonyl (C=O) groups is 1. The van der Waals surface area contributed by atoms with E-state index in [9.17, 15) is 4.79 Å². The number of nitrogens with zero attached hydrogens (tertiary/aromatic N) is 3. The van der Waals surface area contributed by atoms with Crippen LogP contribution in [0.1, 0.15) is 46.1 Å². The lowest BCUT2D eigenvalue weighted by molar-refractivity contribution is -0.149. The second-order valence-electron chi connectivity index (χ2n) is 7.70. The number of likely N-dealkylation sites (N-methyl/N-ethyl adjacent to an activating group) is 1. The third-order valence-corrected chi connectivity index (χ3v) is 5.65. The van der Waals surface area contributed by atoms with E-state index in [0.717, 1.165) is 69.4 Å². The second kappa shape index (κ2) is 16.1. The number of piperidine rings is 1. The Morgan fingerprint density at radius 2 is 1.78 bits per heavy atom. The lowest BCUT2D eigenvalue weighted by Gasteiger charge is -2.33. The van der Waals surface area contributed by atoms with E-state index in [0.29, 0.717) is 19.8 Å². The minimum absolute atomic E-state index is 0. The molecule has 1 fully saturated rings. The van der Waals surface area contributed by atoms with Gasteiger partial charge in [-0.2, -0.15) is 0 Å². The molecule has 1 aliphatic rings. The molecule has 2 rings (SSSR count). The summed E-state index contributed by atoms with van der Waals surface area (Å²) in [7, 11) is 0. The summed E-state index contributed by atoms with van der Waals surface area (Å²) in [6.07, 6.45) is 1.62. The third kappa shape index (κ3) is 9.52. The highest BCUT2D eigenvalue weighted by molar-refractivity contribution is 14.0. The SMILES string of the molecule is CCNC(=NCc1ccc(OCCN(CC)CC)cc1)N1CCC(C(=O)OCC)CC1.I. The van der Waals surface area contributed by atoms with Crippen LogP contribution >= 0.6 is 24.0 Å². The molecule has 1 aliphatic heterocycles. The molecule has 0 spiro atoms. The first-order valence-electron chi connectivity index (χ1n) is 11.7. The minimum Gasteiger partial charge on any atom is -0.492 e. The first kappa shape index (κ1) is 28.5. The Kier molecular flexibility index (Phi) is 14.4. The lowest BCUT2D eigenvalue weighted by atomic mass is 9.97. The maximum atomic E-state index is 12.0. The number of ether oxygens (including phenoxy) is 2. The number of hydrogen-bond acceptors (Lipinski definition) is 5. The van der Waals surface area contributed by atoms with Gasteiger partial charge in [-0.3, -0.25) is 4.79 Å². The van der Waals surface area contributed by atoms with Crippen molar-refractivity contribution in [3.8, 4) is 5.75 Å². The van der Waals surface area contributed by atoms with Crippen LogP contribution in [-0.4, -0.2) is 74.2 Å². The van der Waals surface area contributed by atoms with E-state index in [1.54, 1.807) is 0 Å². The normalized spacial score (nSPS) is 14.8. The number of guanidine groups is 1. The molecule has 7 nitrogen and oxygen atoms in total. The number of benzene rings is 1. The maximum absolute atomic E-state index is 12.0. The van der Waals surface area contributed by atoms with Crippen LogP contribution in [0.4, 0.5) is 0 Å². The largest absolute Gasteiger partial charge is 0.492 e. The van der Waals surface area contributed by atoms with Gasteiger partial charge in [0.15, 0.2) is 5.96 Å². The van der Waals surface area contributed by atoms with Gasteiger partial charge in [0.1, 0.15) is 12.4 Å². The molecule has 8 heteroatoms. The number of hydrogen-bond donors (Lipinski definition) is 1. The average Bonchev–Trinajstić information content (AvgIpc) is 2.80. The molecule has 1 aromatic carbocycles. The molecule has 1 saturated heterocycles. The molecule has 182 valence electrons. The zero-order chi connectivity index (χ0) is 22.5. The van der Waals surface area contributed by atoms with Gasteiger partial charge < -0.3 is 24.6 Å². The summed E-state index contributed by atoms with van der Waals surface area (Å²) in [6.45, 7) is 15.5. The van der Waals surface area contributed by atoms with E-state index in [1.807, 2.05) is 19.1 Å². The Hall–Kier alpha value is -1.55. The number of rotatable bonds is 11. The smallest absolute Gasteiger partial charge is 0.309 e. The molecule has 0 bridgehead atoms. The molecule has 0 saturated carbocycles. The fraction of sp³-hybridized carbons (Fsp3) is 0.667. The van der Waals surface area contributed by atoms with Crippen LogP contribution in [0.2, 0.25) is 0 Å². The van der Waals surface area contributed by atoms with Crippen molar-refractivity contribution < 1.29 is 14.3 Å². The van der Waals surface area contributed by atoms with Gasteiger partial charge in [-0.15, -0.1) is 24.0 Å². The summed E-state index contributed by atoms with van der Waals surface area (Å²) >= 11 is 0. The molecular formula is C24H41IN4O3. The van der Waals surface area contributed by atoms with Crippen molar-refractivity contribution in [3.05, 3.63) is 29.8 Å². The molecule has 32 heavy (non-hydrogen) atoms. The zero-order valence-electron chi connectivity index (χ0n) is 20.1. The van der Waals surface area contributed by atoms with Crippen molar-refractivity contribution in [2.24, 2.45) is 10.9 Å². The quantitative estimate of drug-likeness (QED) is 0.193. The number of likely N-dealkylation sites (tertiary alicyclic amines) is 1. The summed E-state index contributed by atoms with van der Waals surface area (Å²) < 4.78 is 11.0. The number of carbonyl (C=O) groups excluding carboxylic acids is 1. The topological polar surface area (TPSA) is 66.4 Å². The Bertz CT molecular complexity index is 672. The number of esters is 1. The van der Waals surface area contributed by atoms with Crippen LogP contribution in [0.25, 0.3) is 0 Å². The van der Waals surface area contributed by atoms with Crippen molar-refractivity contribution >= 4 is 35.9 Å². The van der Waals surface area contributed by atoms with E-state index >= 15 is 0 Å². The van der Waals surface area contributed by atoms with Crippen molar-refractivity contribution in [1.82, 2.24) is 15.1 Å². The van der Waals surface area contributed by atoms with Gasteiger partial charge in [-0.05, 0) is 57.5 Å². The van der Waals surface area contributed by atoms with Crippen LogP contribution in [0.5, 0.6) is 5.75 Å². The molecule has 1 heterocycles. The molecule has 0 unspecified atom stereocenters. The molecule has 0 radical (unpaired) electrons. The van der Waals surface area contributed by atoms with Gasteiger partial charge in [-0.1, -0.05) is 26.0 Å². The second-order valence-corrected chi connectivity index (χ2v) is 7.70. The van der Waals surface area contributed by atoms with Crippen molar-refractivity contribution in [2.75, 3.05) is 52.5 Å². The molecule has 1 N–H and O–H groups in total. The van der Waals surface area contributed by atoms with Crippen LogP contribution in [-0.2, 0) is 16.1 Å². The molecule has 0 aliphatic carbocycles. The van der Waals surface area contributed by atoms with Crippen LogP contribution < -0.4 is 10.1 Å². The van der Waals surface area contributed by atoms with Gasteiger partial charge >= 0.3 is 5.97 Å². The molecular weight excluding hydrogens is 519 g/mol. The highest BCUT2D eigenvalue weighted by Gasteiger charge is 2.27. The minimum atomic E-state index is -0.0662. The van der Waals surface area contributed by atoms with Crippen molar-refractivity contribution in [3.63, 3.8) is 0 Å². The lowest BCUT2D eigenvalue weighted by Crippen LogP contribution is -2.46. The van der Waals surface area contributed by atoms with Gasteiger partial charge in [0.2, 0.25) is 0 Å². The van der Waals surface area contributed by atoms with E-state index in [1.165, 1.54) is 0 Å². The number of nitrogens with one attached hydrogen (secondary N) is 1. The van der Waals surface area contributed by atoms with Gasteiger partial charge in [0.05, 0.1) is 19.1 Å². The first-order chi connectivity index (χ1) is 15.1. The summed E-state index contributed by atoms with van der Waals surface area (Å²) in [5.74, 6) is 1.74. The summed E-state index contributed by atoms with van der Waals surface area (Å²) in [4.78, 5) is 21.4. The van der Waals surface area contributed by atoms with E-state index in [4.69, 9.17) is 14.5 Å². The number of aliphatic imine (C=N–C) groups is 1. The molecule has 0 amide bonds. The Labute approximate surface area is 210 Å². The van der Waals surface area contributed by atoms with Crippen LogP contribution in [0.15, 0.2) is 29.3 Å². The molecule has 0 atom stereocenters. The van der Waals surface area contributed by atoms with Gasteiger partial charge in [-0.25, -0.2) is 4.99 Å². The molecule has 0 aromatic heterocycles. The Morgan fingerprint density at radius 3 is 2.34 bits per heavy atom. The van der Waals surface area contributed by atoms with Crippen molar-refractivity contribution in [2.45, 2.75) is 47.1 Å². The Balaban J connectivity index is 0.00000512. The summed E-state index contributed by atoms with van der Waals surface area (Å²) in [6, 6.07) is 8.19. The van der Waals surface area contributed by atoms with Crippen LogP contribution in [0.3, 0.4) is 0 Å². The predicted molar refractivity (Wildman–Crippen MR) is 141 cm³/mol. The van der Waals surface area contributed by atoms with Crippen LogP contribution in [0, 0.1) is 5.92 Å². The zero-order valence-corrected chi connectivity index (χ0v) is 22.5. The van der Waals surface area contributed by atoms with E-state index in [2.05, 4.69) is 48.0 Å². The predicted octanol–water partition coefficient (Wildman–Crippen LogP) is 3.77. The van der Waals surface area contributed by atoms with Gasteiger partial charge in [0, 0.05) is 26.2 Å². The summed E-state index contributed by atoms with van der Waals surface area (Å²) in [5.41, 5.74) is 1.15. The highest BCUT2D eigenvalue weighted by atomic mass is 127. The van der Waals surface area contributed by atoms with Crippen molar-refractivity contribution in [1.29, 1.82) is 0 Å². The van der Waals surface area contributed by atoms with E-state index < -0.39 is 0 Å². The third-order valence-electron chi connectivity index (χ3n) is 5.65. The monoisotopic (exact) mass is 560 g/mol. The first-order valence-corrected chi connectivity index (χ1v) is 11.7. The standard InChI is InChI=1S/C24H40N4O3.HI/c1-5-25-24(28-15-13-21(14-16-28)23(29)30-8-4)26-19-20-9-11-22(12-10-20)31-18-17-27(6-2)7-3;/h9-12,21H,5-8,13-19H2,1-4H3,(H,25,26);1H. The van der Waals surface area contributed by atoms with Gasteiger partial charge in [0.25, 0.3) is 0 Å². The van der Waals surface area contributed by atoms with E-state index in [-0.39, 0.29) is 35.9 Å². The fourth-order valence-electron chi connectivity index (χ4n) is 3.70. The fourth-order valence-corrected chi connectivity index (χ4v) is 3.70. The Morgan fingerprint density at radius 1 is 1.12 bits per heavy atom. The average molecular weight is 561 g/mol. The summed E-state index contributed by atoms with van der Waals surface area (Å²) in [5, 5.41) is 3.38.